The van der Waals surface area contributed by atoms with E-state index in [1.807, 2.05) is 0 Å². The van der Waals surface area contributed by atoms with Gasteiger partial charge in [0.1, 0.15) is 0 Å². The van der Waals surface area contributed by atoms with Gasteiger partial charge in [0.25, 0.3) is 0 Å². The third-order valence-corrected chi connectivity index (χ3v) is 7.67. The van der Waals surface area contributed by atoms with Crippen LogP contribution in [0.15, 0.2) is 12.2 Å². The van der Waals surface area contributed by atoms with Gasteiger partial charge in [-0.25, -0.2) is 4.79 Å². The van der Waals surface area contributed by atoms with E-state index >= 15 is 0 Å². The smallest absolute Gasteiger partial charge is 0.335 e. The Hall–Kier alpha value is -0.613. The zero-order chi connectivity index (χ0) is 12.8. The highest BCUT2D eigenvalue weighted by atomic mass is 28.4. The largest absolute Gasteiger partial charge is 0.434 e. The summed E-state index contributed by atoms with van der Waals surface area (Å²) in [6.07, 6.45) is -0.462. The molecule has 0 saturated carbocycles. The van der Waals surface area contributed by atoms with Crippen molar-refractivity contribution >= 4 is 14.3 Å². The predicted molar refractivity (Wildman–Crippen MR) is 68.7 cm³/mol. The van der Waals surface area contributed by atoms with Crippen LogP contribution in [0.5, 0.6) is 0 Å². The van der Waals surface area contributed by atoms with E-state index < -0.39 is 14.6 Å². The minimum Gasteiger partial charge on any atom is -0.434 e. The molecule has 1 unspecified atom stereocenters. The molecule has 0 aromatic rings. The molecular formula is C12H24O3Si. The van der Waals surface area contributed by atoms with Crippen LogP contribution in [0.3, 0.4) is 0 Å². The maximum atomic E-state index is 11.3. The van der Waals surface area contributed by atoms with E-state index in [2.05, 4.69) is 27.4 Å². The van der Waals surface area contributed by atoms with Gasteiger partial charge < -0.3 is 9.16 Å². The molecule has 0 aliphatic heterocycles. The molecule has 0 aliphatic rings. The van der Waals surface area contributed by atoms with E-state index in [9.17, 15) is 4.79 Å². The van der Waals surface area contributed by atoms with Gasteiger partial charge >= 0.3 is 5.97 Å². The summed E-state index contributed by atoms with van der Waals surface area (Å²) in [6, 6.07) is 3.15. The van der Waals surface area contributed by atoms with Gasteiger partial charge in [-0.2, -0.15) is 0 Å². The number of esters is 1. The Kier molecular flexibility index (Phi) is 6.60. The van der Waals surface area contributed by atoms with Crippen LogP contribution in [0.2, 0.25) is 18.1 Å². The Bertz CT molecular complexity index is 238. The van der Waals surface area contributed by atoms with Crippen molar-refractivity contribution in [2.45, 2.75) is 59.0 Å². The predicted octanol–water partition coefficient (Wildman–Crippen LogP) is 3.47. The topological polar surface area (TPSA) is 35.5 Å². The average molecular weight is 244 g/mol. The Morgan fingerprint density at radius 2 is 1.69 bits per heavy atom. The lowest BCUT2D eigenvalue weighted by atomic mass is 10.4. The molecule has 3 nitrogen and oxygen atoms in total. The van der Waals surface area contributed by atoms with E-state index in [-0.39, 0.29) is 5.97 Å². The molecule has 0 aromatic heterocycles. The van der Waals surface area contributed by atoms with Crippen LogP contribution >= 0.6 is 0 Å². The Morgan fingerprint density at radius 1 is 1.25 bits per heavy atom. The first kappa shape index (κ1) is 15.4. The normalized spacial score (nSPS) is 13.3. The van der Waals surface area contributed by atoms with Crippen molar-refractivity contribution in [2.75, 3.05) is 0 Å². The molecule has 0 N–H and O–H groups in total. The second kappa shape index (κ2) is 6.86. The summed E-state index contributed by atoms with van der Waals surface area (Å²) in [5, 5.41) is 0. The third-order valence-electron chi connectivity index (χ3n) is 2.97. The van der Waals surface area contributed by atoms with Gasteiger partial charge in [0, 0.05) is 5.57 Å². The highest BCUT2D eigenvalue weighted by Crippen LogP contribution is 2.23. The standard InChI is InChI=1S/C12H24O3Si/c1-7-16(8-2,9-3)15-11(6)14-12(13)10(4)5/h11H,4,7-9H2,1-3,5-6H3. The summed E-state index contributed by atoms with van der Waals surface area (Å²) in [7, 11) is -1.69. The molecule has 0 aromatic carbocycles. The van der Waals surface area contributed by atoms with Crippen molar-refractivity contribution < 1.29 is 14.0 Å². The molecule has 16 heavy (non-hydrogen) atoms. The van der Waals surface area contributed by atoms with Crippen molar-refractivity contribution in [3.63, 3.8) is 0 Å². The quantitative estimate of drug-likeness (QED) is 0.298. The fourth-order valence-electron chi connectivity index (χ4n) is 1.63. The highest BCUT2D eigenvalue weighted by molar-refractivity contribution is 6.73. The lowest BCUT2D eigenvalue weighted by Gasteiger charge is -2.31. The van der Waals surface area contributed by atoms with E-state index in [1.165, 1.54) is 0 Å². The number of hydrogen-bond acceptors (Lipinski definition) is 3. The molecule has 0 heterocycles. The molecule has 0 radical (unpaired) electrons. The molecule has 0 bridgehead atoms. The van der Waals surface area contributed by atoms with Crippen molar-refractivity contribution in [1.29, 1.82) is 0 Å². The maximum absolute atomic E-state index is 11.3. The SMILES string of the molecule is C=C(C)C(=O)OC(C)O[Si](CC)(CC)CC. The summed E-state index contributed by atoms with van der Waals surface area (Å²) < 4.78 is 11.1. The van der Waals surface area contributed by atoms with Gasteiger partial charge in [-0.1, -0.05) is 27.4 Å². The summed E-state index contributed by atoms with van der Waals surface area (Å²) in [4.78, 5) is 11.3. The van der Waals surface area contributed by atoms with E-state index in [4.69, 9.17) is 9.16 Å². The highest BCUT2D eigenvalue weighted by Gasteiger charge is 2.31. The fraction of sp³-hybridized carbons (Fsp3) is 0.750. The number of carbonyl (C=O) groups is 1. The lowest BCUT2D eigenvalue weighted by Crippen LogP contribution is -2.40. The number of rotatable bonds is 7. The molecule has 0 spiro atoms. The average Bonchev–Trinajstić information content (AvgIpc) is 2.26. The first-order valence-electron chi connectivity index (χ1n) is 5.95. The maximum Gasteiger partial charge on any atom is 0.335 e. The Labute approximate surface area is 100.0 Å². The number of carbonyl (C=O) groups excluding carboxylic acids is 1. The van der Waals surface area contributed by atoms with Crippen molar-refractivity contribution in [2.24, 2.45) is 0 Å². The molecule has 0 amide bonds. The van der Waals surface area contributed by atoms with Crippen molar-refractivity contribution in [3.05, 3.63) is 12.2 Å². The second-order valence-electron chi connectivity index (χ2n) is 4.11. The van der Waals surface area contributed by atoms with Gasteiger partial charge in [0.15, 0.2) is 14.6 Å². The molecule has 0 aliphatic carbocycles. The first-order valence-corrected chi connectivity index (χ1v) is 8.48. The van der Waals surface area contributed by atoms with Gasteiger partial charge in [-0.15, -0.1) is 0 Å². The summed E-state index contributed by atoms with van der Waals surface area (Å²) >= 11 is 0. The minimum atomic E-state index is -1.69. The van der Waals surface area contributed by atoms with E-state index in [0.717, 1.165) is 18.1 Å². The number of ether oxygens (including phenoxy) is 1. The van der Waals surface area contributed by atoms with E-state index in [1.54, 1.807) is 13.8 Å². The summed E-state index contributed by atoms with van der Waals surface area (Å²) in [5.74, 6) is -0.376. The van der Waals surface area contributed by atoms with Crippen LogP contribution in [-0.4, -0.2) is 20.6 Å². The van der Waals surface area contributed by atoms with Gasteiger partial charge in [-0.05, 0) is 32.0 Å². The van der Waals surface area contributed by atoms with Gasteiger partial charge in [-0.3, -0.25) is 0 Å². The van der Waals surface area contributed by atoms with Crippen LogP contribution in [0.1, 0.15) is 34.6 Å². The lowest BCUT2D eigenvalue weighted by molar-refractivity contribution is -0.157. The van der Waals surface area contributed by atoms with Crippen LogP contribution < -0.4 is 0 Å². The Morgan fingerprint density at radius 3 is 2.00 bits per heavy atom. The van der Waals surface area contributed by atoms with E-state index in [0.29, 0.717) is 5.57 Å². The molecular weight excluding hydrogens is 220 g/mol. The number of hydrogen-bond donors (Lipinski definition) is 0. The molecule has 0 saturated heterocycles. The molecule has 4 heteroatoms. The third kappa shape index (κ3) is 4.49. The first-order chi connectivity index (χ1) is 7.40. The summed E-state index contributed by atoms with van der Waals surface area (Å²) in [6.45, 7) is 13.4. The van der Waals surface area contributed by atoms with Gasteiger partial charge in [0.05, 0.1) is 0 Å². The fourth-order valence-corrected chi connectivity index (χ4v) is 4.38. The molecule has 0 rings (SSSR count). The van der Waals surface area contributed by atoms with Crippen LogP contribution in [0.25, 0.3) is 0 Å². The zero-order valence-corrected chi connectivity index (χ0v) is 12.1. The zero-order valence-electron chi connectivity index (χ0n) is 11.1. The monoisotopic (exact) mass is 244 g/mol. The van der Waals surface area contributed by atoms with Crippen LogP contribution in [0.4, 0.5) is 0 Å². The molecule has 0 fully saturated rings. The summed E-state index contributed by atoms with van der Waals surface area (Å²) in [5.41, 5.74) is 0.409. The van der Waals surface area contributed by atoms with Crippen molar-refractivity contribution in [1.82, 2.24) is 0 Å². The van der Waals surface area contributed by atoms with Crippen molar-refractivity contribution in [3.8, 4) is 0 Å². The second-order valence-corrected chi connectivity index (χ2v) is 8.84. The molecule has 1 atom stereocenters. The van der Waals surface area contributed by atoms with Crippen LogP contribution in [-0.2, 0) is 14.0 Å². The van der Waals surface area contributed by atoms with Crippen LogP contribution in [0, 0.1) is 0 Å². The Balaban J connectivity index is 4.36. The van der Waals surface area contributed by atoms with Gasteiger partial charge in [0.2, 0.25) is 0 Å². The minimum absolute atomic E-state index is 0.376. The molecule has 94 valence electrons.